The predicted octanol–water partition coefficient (Wildman–Crippen LogP) is 1.47. The number of esters is 1. The van der Waals surface area contributed by atoms with Crippen molar-refractivity contribution in [2.24, 2.45) is 5.92 Å². The van der Waals surface area contributed by atoms with E-state index < -0.39 is 21.9 Å². The normalized spacial score (nSPS) is 18.8. The van der Waals surface area contributed by atoms with Crippen LogP contribution in [0.2, 0.25) is 0 Å². The van der Waals surface area contributed by atoms with Crippen LogP contribution in [-0.2, 0) is 19.6 Å². The van der Waals surface area contributed by atoms with E-state index in [1.807, 2.05) is 0 Å². The third-order valence-corrected chi connectivity index (χ3v) is 5.95. The first-order chi connectivity index (χ1) is 11.4. The van der Waals surface area contributed by atoms with Crippen LogP contribution < -0.4 is 5.32 Å². The molecule has 2 rings (SSSR count). The van der Waals surface area contributed by atoms with Gasteiger partial charge in [-0.15, -0.1) is 0 Å². The Morgan fingerprint density at radius 1 is 1.33 bits per heavy atom. The van der Waals surface area contributed by atoms with Crippen molar-refractivity contribution in [1.29, 1.82) is 0 Å². The van der Waals surface area contributed by atoms with Crippen LogP contribution in [0.5, 0.6) is 0 Å². The maximum Gasteiger partial charge on any atom is 0.339 e. The van der Waals surface area contributed by atoms with Crippen LogP contribution in [0.25, 0.3) is 0 Å². The number of benzene rings is 1. The molecule has 1 aliphatic rings. The minimum Gasteiger partial charge on any atom is -0.465 e. The largest absolute Gasteiger partial charge is 0.465 e. The SMILES string of the molecule is CCS(=O)(=O)N1CCC[C@@H](C(=O)Nc2ccccc2C(=O)OC)C1. The van der Waals surface area contributed by atoms with E-state index in [-0.39, 0.29) is 23.8 Å². The molecule has 1 heterocycles. The summed E-state index contributed by atoms with van der Waals surface area (Å²) in [6.07, 6.45) is 1.25. The third-order valence-electron chi connectivity index (χ3n) is 4.10. The molecule has 7 nitrogen and oxygen atoms in total. The number of nitrogens with zero attached hydrogens (tertiary/aromatic N) is 1. The fraction of sp³-hybridized carbons (Fsp3) is 0.500. The standard InChI is InChI=1S/C16H22N2O5S/c1-3-24(21,22)18-10-6-7-12(11-18)15(19)17-14-9-5-4-8-13(14)16(20)23-2/h4-5,8-9,12H,3,6-7,10-11H2,1-2H3,(H,17,19)/t12-/m1/s1. The van der Waals surface area contributed by atoms with Gasteiger partial charge in [0.25, 0.3) is 0 Å². The van der Waals surface area contributed by atoms with E-state index in [0.717, 1.165) is 0 Å². The molecule has 1 saturated heterocycles. The summed E-state index contributed by atoms with van der Waals surface area (Å²) in [5.74, 6) is -1.25. The number of sulfonamides is 1. The van der Waals surface area contributed by atoms with Crippen LogP contribution >= 0.6 is 0 Å². The van der Waals surface area contributed by atoms with Gasteiger partial charge in [0, 0.05) is 13.1 Å². The lowest BCUT2D eigenvalue weighted by atomic mass is 9.98. The number of carbonyl (C=O) groups is 2. The summed E-state index contributed by atoms with van der Waals surface area (Å²) in [5, 5.41) is 2.72. The van der Waals surface area contributed by atoms with Crippen molar-refractivity contribution in [3.05, 3.63) is 29.8 Å². The topological polar surface area (TPSA) is 92.8 Å². The molecule has 0 aliphatic carbocycles. The minimum atomic E-state index is -3.31. The van der Waals surface area contributed by atoms with Gasteiger partial charge in [-0.25, -0.2) is 17.5 Å². The lowest BCUT2D eigenvalue weighted by Crippen LogP contribution is -2.44. The highest BCUT2D eigenvalue weighted by Gasteiger charge is 2.31. The summed E-state index contributed by atoms with van der Waals surface area (Å²) in [6, 6.07) is 6.57. The van der Waals surface area contributed by atoms with Crippen LogP contribution in [0.1, 0.15) is 30.1 Å². The summed E-state index contributed by atoms with van der Waals surface area (Å²) in [5.41, 5.74) is 0.631. The Morgan fingerprint density at radius 3 is 2.71 bits per heavy atom. The van der Waals surface area contributed by atoms with Crippen LogP contribution in [-0.4, -0.2) is 50.6 Å². The lowest BCUT2D eigenvalue weighted by molar-refractivity contribution is -0.120. The molecule has 1 aliphatic heterocycles. The van der Waals surface area contributed by atoms with Crippen molar-refractivity contribution >= 4 is 27.6 Å². The molecule has 0 bridgehead atoms. The number of hydrogen-bond donors (Lipinski definition) is 1. The Kier molecular flexibility index (Phi) is 5.95. The Morgan fingerprint density at radius 2 is 2.04 bits per heavy atom. The maximum absolute atomic E-state index is 12.5. The van der Waals surface area contributed by atoms with Crippen LogP contribution in [0.3, 0.4) is 0 Å². The molecule has 1 amide bonds. The number of amides is 1. The molecule has 1 aromatic rings. The highest BCUT2D eigenvalue weighted by Crippen LogP contribution is 2.23. The first-order valence-corrected chi connectivity index (χ1v) is 9.46. The second-order valence-corrected chi connectivity index (χ2v) is 7.88. The molecular weight excluding hydrogens is 332 g/mol. The zero-order chi connectivity index (χ0) is 17.7. The highest BCUT2D eigenvalue weighted by molar-refractivity contribution is 7.89. The van der Waals surface area contributed by atoms with Crippen LogP contribution in [0, 0.1) is 5.92 Å². The Hall–Kier alpha value is -1.93. The second-order valence-electron chi connectivity index (χ2n) is 5.62. The first-order valence-electron chi connectivity index (χ1n) is 7.85. The Balaban J connectivity index is 2.12. The van der Waals surface area contributed by atoms with Crippen molar-refractivity contribution < 1.29 is 22.7 Å². The smallest absolute Gasteiger partial charge is 0.339 e. The molecule has 1 N–H and O–H groups in total. The van der Waals surface area contributed by atoms with Gasteiger partial charge in [-0.3, -0.25) is 4.79 Å². The summed E-state index contributed by atoms with van der Waals surface area (Å²) in [6.45, 7) is 2.20. The zero-order valence-electron chi connectivity index (χ0n) is 13.8. The molecular formula is C16H22N2O5S. The lowest BCUT2D eigenvalue weighted by Gasteiger charge is -2.31. The van der Waals surface area contributed by atoms with Gasteiger partial charge in [-0.2, -0.15) is 0 Å². The molecule has 0 unspecified atom stereocenters. The molecule has 1 aromatic carbocycles. The van der Waals surface area contributed by atoms with Crippen LogP contribution in [0.15, 0.2) is 24.3 Å². The number of para-hydroxylation sites is 1. The van der Waals surface area contributed by atoms with Crippen molar-refractivity contribution in [3.8, 4) is 0 Å². The number of hydrogen-bond acceptors (Lipinski definition) is 5. The molecule has 0 radical (unpaired) electrons. The van der Waals surface area contributed by atoms with Crippen molar-refractivity contribution in [2.75, 3.05) is 31.3 Å². The van der Waals surface area contributed by atoms with Gasteiger partial charge in [0.2, 0.25) is 15.9 Å². The van der Waals surface area contributed by atoms with E-state index in [1.54, 1.807) is 31.2 Å². The van der Waals surface area contributed by atoms with Gasteiger partial charge in [-0.05, 0) is 31.9 Å². The second kappa shape index (κ2) is 7.76. The van der Waals surface area contributed by atoms with E-state index in [1.165, 1.54) is 11.4 Å². The van der Waals surface area contributed by atoms with Gasteiger partial charge < -0.3 is 10.1 Å². The van der Waals surface area contributed by atoms with Gasteiger partial charge >= 0.3 is 5.97 Å². The summed E-state index contributed by atoms with van der Waals surface area (Å²) in [4.78, 5) is 24.3. The van der Waals surface area contributed by atoms with E-state index >= 15 is 0 Å². The quantitative estimate of drug-likeness (QED) is 0.809. The van der Waals surface area contributed by atoms with E-state index in [0.29, 0.717) is 25.1 Å². The first kappa shape index (κ1) is 18.4. The molecule has 24 heavy (non-hydrogen) atoms. The fourth-order valence-corrected chi connectivity index (χ4v) is 3.89. The van der Waals surface area contributed by atoms with Crippen LogP contribution in [0.4, 0.5) is 5.69 Å². The van der Waals surface area contributed by atoms with Crippen molar-refractivity contribution in [1.82, 2.24) is 4.31 Å². The molecule has 0 aromatic heterocycles. The zero-order valence-corrected chi connectivity index (χ0v) is 14.6. The minimum absolute atomic E-state index is 0.0204. The van der Waals surface area contributed by atoms with Gasteiger partial charge in [0.05, 0.1) is 30.0 Å². The summed E-state index contributed by atoms with van der Waals surface area (Å²) < 4.78 is 30.1. The molecule has 0 spiro atoms. The van der Waals surface area contributed by atoms with Crippen molar-refractivity contribution in [3.63, 3.8) is 0 Å². The summed E-state index contributed by atoms with van der Waals surface area (Å²) >= 11 is 0. The average Bonchev–Trinajstić information content (AvgIpc) is 2.61. The monoisotopic (exact) mass is 354 g/mol. The van der Waals surface area contributed by atoms with Gasteiger partial charge in [0.1, 0.15) is 0 Å². The van der Waals surface area contributed by atoms with E-state index in [4.69, 9.17) is 4.74 Å². The number of ether oxygens (including phenoxy) is 1. The molecule has 0 saturated carbocycles. The number of rotatable bonds is 5. The number of piperidine rings is 1. The molecule has 132 valence electrons. The fourth-order valence-electron chi connectivity index (χ4n) is 2.71. The number of carbonyl (C=O) groups excluding carboxylic acids is 2. The number of methoxy groups -OCH3 is 1. The van der Waals surface area contributed by atoms with E-state index in [9.17, 15) is 18.0 Å². The number of nitrogens with one attached hydrogen (secondary N) is 1. The van der Waals surface area contributed by atoms with E-state index in [2.05, 4.69) is 5.32 Å². The van der Waals surface area contributed by atoms with Crippen molar-refractivity contribution in [2.45, 2.75) is 19.8 Å². The number of anilines is 1. The Bertz CT molecular complexity index is 717. The predicted molar refractivity (Wildman–Crippen MR) is 90.2 cm³/mol. The summed E-state index contributed by atoms with van der Waals surface area (Å²) in [7, 11) is -2.03. The molecule has 8 heteroatoms. The van der Waals surface area contributed by atoms with Gasteiger partial charge in [0.15, 0.2) is 0 Å². The highest BCUT2D eigenvalue weighted by atomic mass is 32.2. The third kappa shape index (κ3) is 4.12. The molecule has 1 fully saturated rings. The maximum atomic E-state index is 12.5. The Labute approximate surface area is 142 Å². The average molecular weight is 354 g/mol. The van der Waals surface area contributed by atoms with Gasteiger partial charge in [-0.1, -0.05) is 12.1 Å². The molecule has 1 atom stereocenters.